The summed E-state index contributed by atoms with van der Waals surface area (Å²) in [6.45, 7) is 8.34. The molecule has 0 saturated heterocycles. The molecule has 0 radical (unpaired) electrons. The minimum absolute atomic E-state index is 0.0402. The van der Waals surface area contributed by atoms with E-state index >= 15 is 0 Å². The summed E-state index contributed by atoms with van der Waals surface area (Å²) < 4.78 is -0.448. The third-order valence-electron chi connectivity index (χ3n) is 2.25. The van der Waals surface area contributed by atoms with E-state index in [1.807, 2.05) is 0 Å². The Hall–Kier alpha value is -0.180. The first-order valence-electron chi connectivity index (χ1n) is 4.69. The monoisotopic (exact) mass is 202 g/mol. The van der Waals surface area contributed by atoms with Gasteiger partial charge in [0.15, 0.2) is 0 Å². The van der Waals surface area contributed by atoms with Gasteiger partial charge in [-0.3, -0.25) is 4.79 Å². The summed E-state index contributed by atoms with van der Waals surface area (Å²) in [5.41, 5.74) is 0. The zero-order valence-electron chi connectivity index (χ0n) is 8.76. The number of carbonyl (C=O) groups is 1. The maximum atomic E-state index is 11.1. The lowest BCUT2D eigenvalue weighted by Crippen LogP contribution is -2.49. The van der Waals surface area contributed by atoms with Crippen molar-refractivity contribution in [3.05, 3.63) is 0 Å². The zero-order valence-corrected chi connectivity index (χ0v) is 9.57. The van der Waals surface area contributed by atoms with E-state index < -0.39 is 10.7 Å². The van der Waals surface area contributed by atoms with Crippen LogP contribution in [0.15, 0.2) is 0 Å². The molecule has 1 fully saturated rings. The molecule has 0 heterocycles. The zero-order chi connectivity index (χ0) is 10.3. The summed E-state index contributed by atoms with van der Waals surface area (Å²) in [4.78, 5) is 11.1. The van der Waals surface area contributed by atoms with Crippen LogP contribution in [0.3, 0.4) is 0 Å². The highest BCUT2D eigenvalue weighted by atomic mass is 32.2. The molecule has 1 rings (SSSR count). The molecule has 0 spiro atoms. The number of hydrogen-bond donors (Lipinski definition) is 1. The number of carboxylic acids is 1. The SMILES string of the molecule is CC1CC(SC(C)(C)C)(C(=O)O)C1. The standard InChI is InChI=1S/C10H18O2S/c1-7-5-10(6-7,8(11)12)13-9(2,3)4/h7H,5-6H2,1-4H3,(H,11,12). The second-order valence-corrected chi connectivity index (χ2v) is 7.24. The van der Waals surface area contributed by atoms with Crippen molar-refractivity contribution in [3.63, 3.8) is 0 Å². The Balaban J connectivity index is 2.66. The van der Waals surface area contributed by atoms with Gasteiger partial charge in [0.05, 0.1) is 0 Å². The number of rotatable bonds is 2. The quantitative estimate of drug-likeness (QED) is 0.748. The van der Waals surface area contributed by atoms with Gasteiger partial charge in [-0.1, -0.05) is 27.7 Å². The number of thioether (sulfide) groups is 1. The first kappa shape index (κ1) is 10.9. The molecule has 1 saturated carbocycles. The molecule has 13 heavy (non-hydrogen) atoms. The van der Waals surface area contributed by atoms with E-state index in [2.05, 4.69) is 27.7 Å². The second kappa shape index (κ2) is 3.19. The van der Waals surface area contributed by atoms with Gasteiger partial charge in [0, 0.05) is 4.75 Å². The van der Waals surface area contributed by atoms with Crippen molar-refractivity contribution in [3.8, 4) is 0 Å². The fourth-order valence-electron chi connectivity index (χ4n) is 1.95. The van der Waals surface area contributed by atoms with Crippen LogP contribution in [0, 0.1) is 5.92 Å². The van der Waals surface area contributed by atoms with Crippen LogP contribution in [-0.2, 0) is 4.79 Å². The van der Waals surface area contributed by atoms with Gasteiger partial charge in [-0.2, -0.15) is 0 Å². The molecule has 1 N–H and O–H groups in total. The van der Waals surface area contributed by atoms with E-state index in [0.717, 1.165) is 12.8 Å². The normalized spacial score (nSPS) is 34.0. The highest BCUT2D eigenvalue weighted by Gasteiger charge is 2.51. The molecule has 1 aliphatic carbocycles. The van der Waals surface area contributed by atoms with Crippen LogP contribution in [0.5, 0.6) is 0 Å². The maximum Gasteiger partial charge on any atom is 0.319 e. The van der Waals surface area contributed by atoms with Crippen molar-refractivity contribution in [1.29, 1.82) is 0 Å². The Morgan fingerprint density at radius 1 is 1.46 bits per heavy atom. The fraction of sp³-hybridized carbons (Fsp3) is 0.900. The topological polar surface area (TPSA) is 37.3 Å². The van der Waals surface area contributed by atoms with Gasteiger partial charge < -0.3 is 5.11 Å². The molecule has 0 bridgehead atoms. The Bertz CT molecular complexity index is 211. The molecule has 0 aromatic carbocycles. The van der Waals surface area contributed by atoms with Crippen molar-refractivity contribution in [2.24, 2.45) is 5.92 Å². The van der Waals surface area contributed by atoms with Gasteiger partial charge in [0.2, 0.25) is 0 Å². The average Bonchev–Trinajstić information content (AvgIpc) is 1.79. The molecular formula is C10H18O2S. The van der Waals surface area contributed by atoms with Crippen LogP contribution in [0.4, 0.5) is 0 Å². The maximum absolute atomic E-state index is 11.1. The minimum atomic E-state index is -0.634. The first-order chi connectivity index (χ1) is 5.75. The predicted molar refractivity (Wildman–Crippen MR) is 56.1 cm³/mol. The lowest BCUT2D eigenvalue weighted by atomic mass is 9.75. The van der Waals surface area contributed by atoms with Crippen molar-refractivity contribution >= 4 is 17.7 Å². The molecular weight excluding hydrogens is 184 g/mol. The molecule has 0 aliphatic heterocycles. The molecule has 0 aromatic rings. The highest BCUT2D eigenvalue weighted by molar-refractivity contribution is 8.02. The molecule has 0 amide bonds. The third-order valence-corrected chi connectivity index (χ3v) is 3.76. The first-order valence-corrected chi connectivity index (χ1v) is 5.50. The molecule has 2 nitrogen and oxygen atoms in total. The Labute approximate surface area is 84.1 Å². The van der Waals surface area contributed by atoms with Crippen LogP contribution in [-0.4, -0.2) is 20.6 Å². The van der Waals surface area contributed by atoms with Crippen molar-refractivity contribution in [2.45, 2.75) is 50.0 Å². The van der Waals surface area contributed by atoms with E-state index in [1.165, 1.54) is 0 Å². The summed E-state index contributed by atoms with van der Waals surface area (Å²) in [6, 6.07) is 0. The molecule has 1 aliphatic rings. The Morgan fingerprint density at radius 2 is 1.92 bits per heavy atom. The summed E-state index contributed by atoms with van der Waals surface area (Å²) in [7, 11) is 0. The molecule has 3 heteroatoms. The summed E-state index contributed by atoms with van der Waals surface area (Å²) >= 11 is 1.60. The van der Waals surface area contributed by atoms with E-state index in [1.54, 1.807) is 11.8 Å². The molecule has 76 valence electrons. The van der Waals surface area contributed by atoms with Gasteiger partial charge in [0.25, 0.3) is 0 Å². The van der Waals surface area contributed by atoms with Crippen molar-refractivity contribution < 1.29 is 9.90 Å². The van der Waals surface area contributed by atoms with Crippen LogP contribution in [0.2, 0.25) is 0 Å². The highest BCUT2D eigenvalue weighted by Crippen LogP contribution is 2.52. The third kappa shape index (κ3) is 2.39. The summed E-state index contributed by atoms with van der Waals surface area (Å²) in [5, 5.41) is 9.14. The van der Waals surface area contributed by atoms with Crippen molar-refractivity contribution in [1.82, 2.24) is 0 Å². The largest absolute Gasteiger partial charge is 0.480 e. The number of hydrogen-bond acceptors (Lipinski definition) is 2. The minimum Gasteiger partial charge on any atom is -0.480 e. The Morgan fingerprint density at radius 3 is 2.15 bits per heavy atom. The molecule has 0 atom stereocenters. The van der Waals surface area contributed by atoms with Crippen LogP contribution in [0.25, 0.3) is 0 Å². The van der Waals surface area contributed by atoms with E-state index in [0.29, 0.717) is 5.92 Å². The molecule has 0 unspecified atom stereocenters. The molecule has 0 aromatic heterocycles. The summed E-state index contributed by atoms with van der Waals surface area (Å²) in [5.74, 6) is -0.0588. The number of carboxylic acid groups (broad SMARTS) is 1. The van der Waals surface area contributed by atoms with Crippen LogP contribution >= 0.6 is 11.8 Å². The Kier molecular flexibility index (Phi) is 2.68. The number of aliphatic carboxylic acids is 1. The van der Waals surface area contributed by atoms with Crippen molar-refractivity contribution in [2.75, 3.05) is 0 Å². The van der Waals surface area contributed by atoms with Gasteiger partial charge in [-0.15, -0.1) is 11.8 Å². The van der Waals surface area contributed by atoms with Crippen LogP contribution in [0.1, 0.15) is 40.5 Å². The lowest BCUT2D eigenvalue weighted by Gasteiger charge is -2.45. The summed E-state index contributed by atoms with van der Waals surface area (Å²) in [6.07, 6.45) is 1.65. The van der Waals surface area contributed by atoms with Gasteiger partial charge in [-0.25, -0.2) is 0 Å². The second-order valence-electron chi connectivity index (χ2n) is 5.03. The van der Waals surface area contributed by atoms with E-state index in [4.69, 9.17) is 5.11 Å². The van der Waals surface area contributed by atoms with E-state index in [-0.39, 0.29) is 4.75 Å². The van der Waals surface area contributed by atoms with E-state index in [9.17, 15) is 4.79 Å². The van der Waals surface area contributed by atoms with Gasteiger partial charge >= 0.3 is 5.97 Å². The predicted octanol–water partition coefficient (Wildman–Crippen LogP) is 2.77. The van der Waals surface area contributed by atoms with Gasteiger partial charge in [0.1, 0.15) is 4.75 Å². The fourth-order valence-corrected chi connectivity index (χ4v) is 3.95. The lowest BCUT2D eigenvalue weighted by molar-refractivity contribution is -0.143. The average molecular weight is 202 g/mol. The van der Waals surface area contributed by atoms with Gasteiger partial charge in [-0.05, 0) is 18.8 Å². The smallest absolute Gasteiger partial charge is 0.319 e. The van der Waals surface area contributed by atoms with Crippen LogP contribution < -0.4 is 0 Å².